The Morgan fingerprint density at radius 3 is 2.74 bits per heavy atom. The second kappa shape index (κ2) is 8.64. The summed E-state index contributed by atoms with van der Waals surface area (Å²) in [7, 11) is 1.90. The highest BCUT2D eigenvalue weighted by Gasteiger charge is 2.15. The Morgan fingerprint density at radius 1 is 1.30 bits per heavy atom. The molecule has 1 amide bonds. The van der Waals surface area contributed by atoms with Gasteiger partial charge in [-0.05, 0) is 43.3 Å². The van der Waals surface area contributed by atoms with Crippen molar-refractivity contribution in [3.63, 3.8) is 0 Å². The van der Waals surface area contributed by atoms with Crippen LogP contribution in [0, 0.1) is 0 Å². The largest absolute Gasteiger partial charge is 0.380 e. The highest BCUT2D eigenvalue weighted by Crippen LogP contribution is 2.19. The van der Waals surface area contributed by atoms with E-state index in [1.807, 2.05) is 43.1 Å². The Labute approximate surface area is 144 Å². The quantitative estimate of drug-likeness (QED) is 0.749. The van der Waals surface area contributed by atoms with Gasteiger partial charge in [0.15, 0.2) is 0 Å². The molecule has 23 heavy (non-hydrogen) atoms. The highest BCUT2D eigenvalue weighted by molar-refractivity contribution is 9.10. The fraction of sp³-hybridized carbons (Fsp3) is 0.294. The fourth-order valence-electron chi connectivity index (χ4n) is 2.06. The second-order valence-corrected chi connectivity index (χ2v) is 5.87. The van der Waals surface area contributed by atoms with Crippen molar-refractivity contribution < 1.29 is 9.53 Å². The first-order valence-corrected chi connectivity index (χ1v) is 8.22. The third-order valence-electron chi connectivity index (χ3n) is 3.27. The molecule has 1 N–H and O–H groups in total. The molecule has 0 saturated carbocycles. The van der Waals surface area contributed by atoms with Crippen molar-refractivity contribution in [3.8, 4) is 0 Å². The van der Waals surface area contributed by atoms with Crippen LogP contribution in [0.1, 0.15) is 17.3 Å². The average molecular weight is 378 g/mol. The number of ether oxygens (including phenoxy) is 1. The molecule has 0 unspecified atom stereocenters. The lowest BCUT2D eigenvalue weighted by Crippen LogP contribution is -2.26. The molecule has 1 heterocycles. The number of likely N-dealkylation sites (N-methyl/N-ethyl adjacent to an activating group) is 1. The van der Waals surface area contributed by atoms with Crippen molar-refractivity contribution in [2.75, 3.05) is 37.0 Å². The number of carbonyl (C=O) groups excluding carboxylic acids is 1. The van der Waals surface area contributed by atoms with E-state index >= 15 is 0 Å². The minimum Gasteiger partial charge on any atom is -0.380 e. The fourth-order valence-corrected chi connectivity index (χ4v) is 2.33. The summed E-state index contributed by atoms with van der Waals surface area (Å²) in [6.45, 7) is 3.89. The molecule has 0 saturated heterocycles. The van der Waals surface area contributed by atoms with Gasteiger partial charge >= 0.3 is 0 Å². The van der Waals surface area contributed by atoms with Gasteiger partial charge < -0.3 is 15.0 Å². The molecule has 122 valence electrons. The minimum atomic E-state index is -0.182. The lowest BCUT2D eigenvalue weighted by molar-refractivity contribution is 0.102. The van der Waals surface area contributed by atoms with Crippen LogP contribution in [-0.4, -0.2) is 37.7 Å². The molecule has 5 nitrogen and oxygen atoms in total. The monoisotopic (exact) mass is 377 g/mol. The SMILES string of the molecule is CCOCCN(C)c1ncccc1C(=O)Nc1ccc(Br)cc1. The van der Waals surface area contributed by atoms with Crippen LogP contribution >= 0.6 is 15.9 Å². The first-order valence-electron chi connectivity index (χ1n) is 7.42. The van der Waals surface area contributed by atoms with Crippen LogP contribution in [0.4, 0.5) is 11.5 Å². The lowest BCUT2D eigenvalue weighted by atomic mass is 10.2. The van der Waals surface area contributed by atoms with Gasteiger partial charge in [0.05, 0.1) is 12.2 Å². The number of hydrogen-bond donors (Lipinski definition) is 1. The number of rotatable bonds is 7. The molecule has 1 aromatic heterocycles. The molecule has 1 aromatic carbocycles. The number of anilines is 2. The van der Waals surface area contributed by atoms with Crippen molar-refractivity contribution in [3.05, 3.63) is 52.6 Å². The third kappa shape index (κ3) is 5.04. The zero-order valence-electron chi connectivity index (χ0n) is 13.3. The molecular weight excluding hydrogens is 358 g/mol. The van der Waals surface area contributed by atoms with E-state index in [1.165, 1.54) is 0 Å². The van der Waals surface area contributed by atoms with Gasteiger partial charge in [-0.2, -0.15) is 0 Å². The Hall–Kier alpha value is -1.92. The first kappa shape index (κ1) is 17.4. The van der Waals surface area contributed by atoms with Gasteiger partial charge in [0.2, 0.25) is 0 Å². The topological polar surface area (TPSA) is 54.5 Å². The van der Waals surface area contributed by atoms with E-state index < -0.39 is 0 Å². The Kier molecular flexibility index (Phi) is 6.55. The number of nitrogens with one attached hydrogen (secondary N) is 1. The lowest BCUT2D eigenvalue weighted by Gasteiger charge is -2.20. The number of halogens is 1. The molecular formula is C17H20BrN3O2. The maximum atomic E-state index is 12.5. The van der Waals surface area contributed by atoms with E-state index in [2.05, 4.69) is 26.2 Å². The molecule has 0 atom stereocenters. The van der Waals surface area contributed by atoms with Gasteiger partial charge in [-0.3, -0.25) is 4.79 Å². The van der Waals surface area contributed by atoms with Crippen molar-refractivity contribution in [2.24, 2.45) is 0 Å². The number of amides is 1. The minimum absolute atomic E-state index is 0.182. The van der Waals surface area contributed by atoms with E-state index in [0.29, 0.717) is 31.1 Å². The summed E-state index contributed by atoms with van der Waals surface area (Å²) in [6, 6.07) is 11.0. The first-order chi connectivity index (χ1) is 11.1. The number of pyridine rings is 1. The van der Waals surface area contributed by atoms with Crippen molar-refractivity contribution in [1.82, 2.24) is 4.98 Å². The van der Waals surface area contributed by atoms with E-state index in [0.717, 1.165) is 10.2 Å². The van der Waals surface area contributed by atoms with Crippen LogP contribution in [0.5, 0.6) is 0 Å². The number of carbonyl (C=O) groups is 1. The van der Waals surface area contributed by atoms with Crippen LogP contribution in [-0.2, 0) is 4.74 Å². The van der Waals surface area contributed by atoms with Gasteiger partial charge in [0.25, 0.3) is 5.91 Å². The smallest absolute Gasteiger partial charge is 0.259 e. The molecule has 0 radical (unpaired) electrons. The van der Waals surface area contributed by atoms with E-state index in [1.54, 1.807) is 18.3 Å². The summed E-state index contributed by atoms with van der Waals surface area (Å²) in [5.74, 6) is 0.459. The van der Waals surface area contributed by atoms with E-state index in [9.17, 15) is 4.79 Å². The van der Waals surface area contributed by atoms with Gasteiger partial charge in [-0.1, -0.05) is 15.9 Å². The van der Waals surface area contributed by atoms with Crippen LogP contribution in [0.3, 0.4) is 0 Å². The molecule has 0 aliphatic carbocycles. The predicted molar refractivity (Wildman–Crippen MR) is 96.1 cm³/mol. The Morgan fingerprint density at radius 2 is 2.04 bits per heavy atom. The molecule has 0 aliphatic heterocycles. The molecule has 0 aliphatic rings. The predicted octanol–water partition coefficient (Wildman–Crippen LogP) is 3.57. The molecule has 0 fully saturated rings. The molecule has 6 heteroatoms. The number of aromatic nitrogens is 1. The Balaban J connectivity index is 2.12. The average Bonchev–Trinajstić information content (AvgIpc) is 2.57. The second-order valence-electron chi connectivity index (χ2n) is 4.95. The molecule has 2 rings (SSSR count). The summed E-state index contributed by atoms with van der Waals surface area (Å²) in [5.41, 5.74) is 1.28. The summed E-state index contributed by atoms with van der Waals surface area (Å²) in [4.78, 5) is 18.8. The van der Waals surface area contributed by atoms with Crippen molar-refractivity contribution in [1.29, 1.82) is 0 Å². The van der Waals surface area contributed by atoms with Crippen molar-refractivity contribution >= 4 is 33.3 Å². The van der Waals surface area contributed by atoms with Crippen LogP contribution in [0.2, 0.25) is 0 Å². The van der Waals surface area contributed by atoms with Gasteiger partial charge in [0.1, 0.15) is 5.82 Å². The van der Waals surface area contributed by atoms with E-state index in [4.69, 9.17) is 4.74 Å². The van der Waals surface area contributed by atoms with E-state index in [-0.39, 0.29) is 5.91 Å². The standard InChI is InChI=1S/C17H20BrN3O2/c1-3-23-12-11-21(2)16-15(5-4-10-19-16)17(22)20-14-8-6-13(18)7-9-14/h4-10H,3,11-12H2,1-2H3,(H,20,22). The molecule has 0 spiro atoms. The Bertz CT molecular complexity index is 647. The van der Waals surface area contributed by atoms with Gasteiger partial charge in [-0.15, -0.1) is 0 Å². The summed E-state index contributed by atoms with van der Waals surface area (Å²) < 4.78 is 6.32. The van der Waals surface area contributed by atoms with Gasteiger partial charge in [0, 0.05) is 36.6 Å². The maximum absolute atomic E-state index is 12.5. The van der Waals surface area contributed by atoms with Crippen molar-refractivity contribution in [2.45, 2.75) is 6.92 Å². The molecule has 0 bridgehead atoms. The summed E-state index contributed by atoms with van der Waals surface area (Å²) in [5, 5.41) is 2.89. The third-order valence-corrected chi connectivity index (χ3v) is 3.80. The van der Waals surface area contributed by atoms with Crippen LogP contribution in [0.25, 0.3) is 0 Å². The maximum Gasteiger partial charge on any atom is 0.259 e. The van der Waals surface area contributed by atoms with Gasteiger partial charge in [-0.25, -0.2) is 4.98 Å². The summed E-state index contributed by atoms with van der Waals surface area (Å²) in [6.07, 6.45) is 1.68. The molecule has 2 aromatic rings. The zero-order chi connectivity index (χ0) is 16.7. The summed E-state index contributed by atoms with van der Waals surface area (Å²) >= 11 is 3.38. The zero-order valence-corrected chi connectivity index (χ0v) is 14.8. The normalized spacial score (nSPS) is 10.4. The number of hydrogen-bond acceptors (Lipinski definition) is 4. The van der Waals surface area contributed by atoms with Crippen LogP contribution < -0.4 is 10.2 Å². The highest BCUT2D eigenvalue weighted by atomic mass is 79.9. The van der Waals surface area contributed by atoms with Crippen LogP contribution in [0.15, 0.2) is 47.1 Å². The number of benzene rings is 1. The number of nitrogens with zero attached hydrogens (tertiary/aromatic N) is 2.